The summed E-state index contributed by atoms with van der Waals surface area (Å²) in [5, 5.41) is 3.96. The molecule has 1 N–H and O–H groups in total. The van der Waals surface area contributed by atoms with E-state index in [-0.39, 0.29) is 24.1 Å². The van der Waals surface area contributed by atoms with Gasteiger partial charge in [-0.25, -0.2) is 8.42 Å². The minimum Gasteiger partial charge on any atom is -0.489 e. The Labute approximate surface area is 213 Å². The monoisotopic (exact) mass is 525 g/mol. The normalized spacial score (nSPS) is 16.3. The van der Waals surface area contributed by atoms with Gasteiger partial charge in [-0.1, -0.05) is 41.9 Å². The van der Waals surface area contributed by atoms with Crippen molar-refractivity contribution in [3.05, 3.63) is 89.2 Å². The van der Waals surface area contributed by atoms with Crippen LogP contribution in [-0.4, -0.2) is 36.2 Å². The van der Waals surface area contributed by atoms with E-state index in [1.807, 2.05) is 30.3 Å². The van der Waals surface area contributed by atoms with Crippen LogP contribution in [0.25, 0.3) is 11.0 Å². The van der Waals surface area contributed by atoms with Crippen LogP contribution in [0, 0.1) is 0 Å². The summed E-state index contributed by atoms with van der Waals surface area (Å²) in [5.41, 5.74) is 2.16. The van der Waals surface area contributed by atoms with Crippen LogP contribution in [0.3, 0.4) is 0 Å². The van der Waals surface area contributed by atoms with Crippen molar-refractivity contribution in [2.24, 2.45) is 0 Å². The van der Waals surface area contributed by atoms with Gasteiger partial charge in [0.2, 0.25) is 11.0 Å². The van der Waals surface area contributed by atoms with Crippen LogP contribution in [0.5, 0.6) is 5.75 Å². The Morgan fingerprint density at radius 1 is 1.11 bits per heavy atom. The van der Waals surface area contributed by atoms with Crippen molar-refractivity contribution in [2.45, 2.75) is 37.1 Å². The molecule has 5 rings (SSSR count). The van der Waals surface area contributed by atoms with Gasteiger partial charge < -0.3 is 14.5 Å². The standard InChI is InChI=1S/C26H24ClN3O5S/c27-21-11-19(14-28-16-21)17-34-22-7-3-5-18(12-22)15-29-26(31)23-8-4-10-30(23)36(32,33)25-13-20-6-1-2-9-24(20)35-25/h1-3,5-7,9,11-14,16,23H,4,8,10,15,17H2,(H,29,31)/t23-/m0/s1. The zero-order valence-electron chi connectivity index (χ0n) is 19.3. The second kappa shape index (κ2) is 10.3. The number of amides is 1. The Morgan fingerprint density at radius 3 is 2.81 bits per heavy atom. The average Bonchev–Trinajstić information content (AvgIpc) is 3.55. The highest BCUT2D eigenvalue weighted by Crippen LogP contribution is 2.30. The first-order valence-electron chi connectivity index (χ1n) is 11.5. The number of hydrogen-bond acceptors (Lipinski definition) is 6. The zero-order valence-corrected chi connectivity index (χ0v) is 20.8. The van der Waals surface area contributed by atoms with E-state index in [0.29, 0.717) is 41.2 Å². The summed E-state index contributed by atoms with van der Waals surface area (Å²) < 4.78 is 39.2. The van der Waals surface area contributed by atoms with Crippen molar-refractivity contribution in [1.29, 1.82) is 0 Å². The number of sulfonamides is 1. The highest BCUT2D eigenvalue weighted by Gasteiger charge is 2.41. The largest absolute Gasteiger partial charge is 0.489 e. The van der Waals surface area contributed by atoms with Gasteiger partial charge in [0, 0.05) is 42.5 Å². The van der Waals surface area contributed by atoms with Gasteiger partial charge in [0.1, 0.15) is 24.0 Å². The fraction of sp³-hybridized carbons (Fsp3) is 0.231. The van der Waals surface area contributed by atoms with Gasteiger partial charge >= 0.3 is 0 Å². The fourth-order valence-electron chi connectivity index (χ4n) is 4.24. The number of halogens is 1. The summed E-state index contributed by atoms with van der Waals surface area (Å²) in [4.78, 5) is 17.1. The Hall–Kier alpha value is -3.40. The molecule has 0 spiro atoms. The molecule has 1 aliphatic heterocycles. The first-order valence-corrected chi connectivity index (χ1v) is 13.3. The smallest absolute Gasteiger partial charge is 0.277 e. The molecular weight excluding hydrogens is 502 g/mol. The predicted molar refractivity (Wildman–Crippen MR) is 135 cm³/mol. The number of pyridine rings is 1. The molecule has 2 aromatic heterocycles. The highest BCUT2D eigenvalue weighted by atomic mass is 35.5. The molecule has 10 heteroatoms. The molecule has 8 nitrogen and oxygen atoms in total. The minimum atomic E-state index is -3.95. The van der Waals surface area contributed by atoms with Gasteiger partial charge in [0.25, 0.3) is 10.0 Å². The number of benzene rings is 2. The third-order valence-corrected chi connectivity index (χ3v) is 7.98. The van der Waals surface area contributed by atoms with E-state index in [9.17, 15) is 13.2 Å². The Bertz CT molecular complexity index is 1470. The van der Waals surface area contributed by atoms with E-state index in [2.05, 4.69) is 10.3 Å². The molecule has 0 unspecified atom stereocenters. The summed E-state index contributed by atoms with van der Waals surface area (Å²) in [6.07, 6.45) is 4.28. The first-order chi connectivity index (χ1) is 17.4. The maximum Gasteiger partial charge on any atom is 0.277 e. The van der Waals surface area contributed by atoms with Gasteiger partial charge in [0.05, 0.1) is 5.02 Å². The summed E-state index contributed by atoms with van der Waals surface area (Å²) >= 11 is 5.96. The summed E-state index contributed by atoms with van der Waals surface area (Å²) in [6, 6.07) is 16.9. The lowest BCUT2D eigenvalue weighted by Gasteiger charge is -2.22. The van der Waals surface area contributed by atoms with Crippen LogP contribution >= 0.6 is 11.6 Å². The Kier molecular flexibility index (Phi) is 6.95. The fourth-order valence-corrected chi connectivity index (χ4v) is 6.05. The van der Waals surface area contributed by atoms with Gasteiger partial charge in [-0.05, 0) is 42.7 Å². The molecule has 2 aromatic carbocycles. The van der Waals surface area contributed by atoms with Crippen molar-refractivity contribution in [3.63, 3.8) is 0 Å². The Balaban J connectivity index is 1.23. The maximum atomic E-state index is 13.3. The topological polar surface area (TPSA) is 102 Å². The third kappa shape index (κ3) is 5.23. The molecule has 3 heterocycles. The average molecular weight is 526 g/mol. The second-order valence-electron chi connectivity index (χ2n) is 8.54. The van der Waals surface area contributed by atoms with Crippen molar-refractivity contribution in [2.75, 3.05) is 6.54 Å². The van der Waals surface area contributed by atoms with Crippen molar-refractivity contribution < 1.29 is 22.4 Å². The summed E-state index contributed by atoms with van der Waals surface area (Å²) in [5.74, 6) is 0.292. The van der Waals surface area contributed by atoms with Gasteiger partial charge in [-0.3, -0.25) is 9.78 Å². The first kappa shape index (κ1) is 24.3. The van der Waals surface area contributed by atoms with Crippen LogP contribution in [0.4, 0.5) is 0 Å². The molecule has 1 aliphatic rings. The van der Waals surface area contributed by atoms with Crippen molar-refractivity contribution in [1.82, 2.24) is 14.6 Å². The number of para-hydroxylation sites is 1. The number of nitrogens with zero attached hydrogens (tertiary/aromatic N) is 2. The molecule has 186 valence electrons. The van der Waals surface area contributed by atoms with E-state index in [1.165, 1.54) is 10.4 Å². The zero-order chi connectivity index (χ0) is 25.1. The van der Waals surface area contributed by atoms with E-state index >= 15 is 0 Å². The SMILES string of the molecule is O=C(NCc1cccc(OCc2cncc(Cl)c2)c1)[C@@H]1CCCN1S(=O)(=O)c1cc2ccccc2o1. The highest BCUT2D eigenvalue weighted by molar-refractivity contribution is 7.89. The minimum absolute atomic E-state index is 0.150. The van der Waals surface area contributed by atoms with Crippen LogP contribution < -0.4 is 10.1 Å². The number of nitrogens with one attached hydrogen (secondary N) is 1. The van der Waals surface area contributed by atoms with Crippen molar-refractivity contribution in [3.8, 4) is 5.75 Å². The van der Waals surface area contributed by atoms with Gasteiger partial charge in [0.15, 0.2) is 0 Å². The van der Waals surface area contributed by atoms with Crippen LogP contribution in [0.15, 0.2) is 82.6 Å². The number of ether oxygens (including phenoxy) is 1. The molecule has 4 aromatic rings. The molecule has 1 atom stereocenters. The lowest BCUT2D eigenvalue weighted by atomic mass is 10.2. The summed E-state index contributed by atoms with van der Waals surface area (Å²) in [6.45, 7) is 0.809. The third-order valence-electron chi connectivity index (χ3n) is 6.00. The molecular formula is C26H24ClN3O5S. The maximum absolute atomic E-state index is 13.3. The number of carbonyl (C=O) groups is 1. The molecule has 0 saturated carbocycles. The molecule has 1 amide bonds. The van der Waals surface area contributed by atoms with Gasteiger partial charge in [-0.15, -0.1) is 0 Å². The van der Waals surface area contributed by atoms with E-state index in [0.717, 1.165) is 11.1 Å². The molecule has 0 aliphatic carbocycles. The molecule has 1 fully saturated rings. The van der Waals surface area contributed by atoms with Crippen LogP contribution in [-0.2, 0) is 28.0 Å². The molecule has 1 saturated heterocycles. The van der Waals surface area contributed by atoms with E-state index in [1.54, 1.807) is 36.7 Å². The molecule has 0 bridgehead atoms. The van der Waals surface area contributed by atoms with Crippen LogP contribution in [0.2, 0.25) is 5.02 Å². The lowest BCUT2D eigenvalue weighted by molar-refractivity contribution is -0.124. The number of rotatable bonds is 8. The molecule has 36 heavy (non-hydrogen) atoms. The number of furan rings is 1. The second-order valence-corrected chi connectivity index (χ2v) is 10.8. The number of aromatic nitrogens is 1. The van der Waals surface area contributed by atoms with E-state index in [4.69, 9.17) is 20.8 Å². The van der Waals surface area contributed by atoms with Gasteiger partial charge in [-0.2, -0.15) is 4.31 Å². The number of hydrogen-bond donors (Lipinski definition) is 1. The summed E-state index contributed by atoms with van der Waals surface area (Å²) in [7, 11) is -3.95. The van der Waals surface area contributed by atoms with Crippen LogP contribution in [0.1, 0.15) is 24.0 Å². The van der Waals surface area contributed by atoms with E-state index < -0.39 is 16.1 Å². The predicted octanol–water partition coefficient (Wildman–Crippen LogP) is 4.53. The molecule has 0 radical (unpaired) electrons. The Morgan fingerprint density at radius 2 is 1.97 bits per heavy atom. The quantitative estimate of drug-likeness (QED) is 0.362. The van der Waals surface area contributed by atoms with Crippen molar-refractivity contribution >= 4 is 38.5 Å². The number of fused-ring (bicyclic) bond motifs is 1. The lowest BCUT2D eigenvalue weighted by Crippen LogP contribution is -2.45. The number of carbonyl (C=O) groups excluding carboxylic acids is 1.